The van der Waals surface area contributed by atoms with E-state index in [4.69, 9.17) is 9.72 Å². The van der Waals surface area contributed by atoms with E-state index < -0.39 is 17.9 Å². The first-order valence-electron chi connectivity index (χ1n) is 12.5. The summed E-state index contributed by atoms with van der Waals surface area (Å²) in [6, 6.07) is 2.07. The fourth-order valence-electron chi connectivity index (χ4n) is 4.97. The van der Waals surface area contributed by atoms with Gasteiger partial charge in [-0.1, -0.05) is 20.8 Å². The molecule has 1 aromatic heterocycles. The number of piperazine rings is 1. The van der Waals surface area contributed by atoms with Crippen molar-refractivity contribution in [3.8, 4) is 0 Å². The van der Waals surface area contributed by atoms with E-state index in [9.17, 15) is 13.6 Å². The van der Waals surface area contributed by atoms with Crippen LogP contribution in [0.2, 0.25) is 0 Å². The van der Waals surface area contributed by atoms with Gasteiger partial charge in [-0.25, -0.2) is 9.97 Å². The molecule has 1 amide bonds. The number of alkyl halides is 2. The van der Waals surface area contributed by atoms with Crippen molar-refractivity contribution >= 4 is 12.2 Å². The summed E-state index contributed by atoms with van der Waals surface area (Å²) in [7, 11) is 1.27. The standard InChI is InChI=1S/C25H41F2N5O2/c1-18-15-32(13-12-31(18)11-10-19-6-8-20(9-7-19)28-17-33)22-14-21(25(26,27)16-34-5)29-23(30-22)24(2,3)4/h14,17-20H,6-13,15-16H2,1-5H3,(H,28,33). The van der Waals surface area contributed by atoms with E-state index in [1.54, 1.807) is 0 Å². The molecular formula is C25H41F2N5O2. The van der Waals surface area contributed by atoms with E-state index in [2.05, 4.69) is 27.0 Å². The van der Waals surface area contributed by atoms with Crippen LogP contribution < -0.4 is 10.2 Å². The maximum Gasteiger partial charge on any atom is 0.312 e. The average molecular weight is 482 g/mol. The van der Waals surface area contributed by atoms with E-state index in [0.29, 0.717) is 29.6 Å². The number of nitrogens with zero attached hydrogens (tertiary/aromatic N) is 4. The third kappa shape index (κ3) is 6.84. The van der Waals surface area contributed by atoms with Crippen LogP contribution in [0, 0.1) is 5.92 Å². The SMILES string of the molecule is COCC(F)(F)c1cc(N2CCN(CCC3CCC(NC=O)CC3)C(C)C2)nc(C(C)(C)C)n1. The molecule has 1 unspecified atom stereocenters. The molecule has 7 nitrogen and oxygen atoms in total. The Morgan fingerprint density at radius 1 is 1.18 bits per heavy atom. The minimum Gasteiger partial charge on any atom is -0.378 e. The van der Waals surface area contributed by atoms with Gasteiger partial charge in [-0.05, 0) is 51.5 Å². The molecule has 34 heavy (non-hydrogen) atoms. The van der Waals surface area contributed by atoms with Gasteiger partial charge < -0.3 is 15.0 Å². The van der Waals surface area contributed by atoms with Crippen LogP contribution in [0.1, 0.15) is 71.3 Å². The number of ether oxygens (including phenoxy) is 1. The number of rotatable bonds is 9. The molecular weight excluding hydrogens is 440 g/mol. The number of amides is 1. The Hall–Kier alpha value is -1.87. The molecule has 1 aliphatic heterocycles. The predicted octanol–water partition coefficient (Wildman–Crippen LogP) is 3.72. The zero-order valence-electron chi connectivity index (χ0n) is 21.3. The second kappa shape index (κ2) is 11.2. The molecule has 2 aliphatic rings. The molecule has 0 bridgehead atoms. The van der Waals surface area contributed by atoms with Crippen LogP contribution in [0.3, 0.4) is 0 Å². The molecule has 0 spiro atoms. The summed E-state index contributed by atoms with van der Waals surface area (Å²) in [4.78, 5) is 24.2. The van der Waals surface area contributed by atoms with Crippen molar-refractivity contribution in [3.63, 3.8) is 0 Å². The highest BCUT2D eigenvalue weighted by Gasteiger charge is 2.37. The van der Waals surface area contributed by atoms with Gasteiger partial charge in [-0.2, -0.15) is 8.78 Å². The molecule has 192 valence electrons. The summed E-state index contributed by atoms with van der Waals surface area (Å²) in [5.41, 5.74) is -0.722. The van der Waals surface area contributed by atoms with Gasteiger partial charge in [-0.15, -0.1) is 0 Å². The van der Waals surface area contributed by atoms with E-state index >= 15 is 0 Å². The molecule has 9 heteroatoms. The lowest BCUT2D eigenvalue weighted by molar-refractivity contribution is -0.110. The highest BCUT2D eigenvalue weighted by Crippen LogP contribution is 2.32. The molecule has 1 atom stereocenters. The molecule has 0 aromatic carbocycles. The van der Waals surface area contributed by atoms with Gasteiger partial charge in [0.1, 0.15) is 23.9 Å². The molecule has 2 heterocycles. The van der Waals surface area contributed by atoms with Crippen LogP contribution in [0.15, 0.2) is 6.07 Å². The first-order valence-corrected chi connectivity index (χ1v) is 12.5. The quantitative estimate of drug-likeness (QED) is 0.542. The first kappa shape index (κ1) is 26.7. The number of carbonyl (C=O) groups is 1. The highest BCUT2D eigenvalue weighted by atomic mass is 19.3. The van der Waals surface area contributed by atoms with Crippen LogP contribution in [0.4, 0.5) is 14.6 Å². The fourth-order valence-corrected chi connectivity index (χ4v) is 4.97. The second-order valence-corrected chi connectivity index (χ2v) is 10.9. The number of anilines is 1. The van der Waals surface area contributed by atoms with Gasteiger partial charge in [0, 0.05) is 50.3 Å². The lowest BCUT2D eigenvalue weighted by Crippen LogP contribution is -2.52. The number of hydrogen-bond donors (Lipinski definition) is 1. The molecule has 1 saturated carbocycles. The van der Waals surface area contributed by atoms with E-state index in [0.717, 1.165) is 64.7 Å². The van der Waals surface area contributed by atoms with Gasteiger partial charge in [0.15, 0.2) is 0 Å². The summed E-state index contributed by atoms with van der Waals surface area (Å²) < 4.78 is 34.1. The second-order valence-electron chi connectivity index (χ2n) is 10.9. The molecule has 1 aromatic rings. The highest BCUT2D eigenvalue weighted by molar-refractivity contribution is 5.46. The first-order chi connectivity index (χ1) is 16.0. The number of hydrogen-bond acceptors (Lipinski definition) is 6. The van der Waals surface area contributed by atoms with Crippen LogP contribution in [-0.4, -0.2) is 73.3 Å². The molecule has 0 radical (unpaired) electrons. The van der Waals surface area contributed by atoms with Crippen molar-refractivity contribution in [3.05, 3.63) is 17.6 Å². The Morgan fingerprint density at radius 2 is 1.88 bits per heavy atom. The lowest BCUT2D eigenvalue weighted by atomic mass is 9.84. The summed E-state index contributed by atoms with van der Waals surface area (Å²) >= 11 is 0. The van der Waals surface area contributed by atoms with E-state index in [1.807, 2.05) is 20.8 Å². The summed E-state index contributed by atoms with van der Waals surface area (Å²) in [6.45, 7) is 10.7. The largest absolute Gasteiger partial charge is 0.378 e. The molecule has 1 aliphatic carbocycles. The van der Waals surface area contributed by atoms with Crippen molar-refractivity contribution in [2.45, 2.75) is 83.2 Å². The predicted molar refractivity (Wildman–Crippen MR) is 129 cm³/mol. The number of methoxy groups -OCH3 is 1. The third-order valence-corrected chi connectivity index (χ3v) is 7.15. The van der Waals surface area contributed by atoms with E-state index in [1.165, 1.54) is 13.2 Å². The van der Waals surface area contributed by atoms with Crippen LogP contribution in [0.5, 0.6) is 0 Å². The smallest absolute Gasteiger partial charge is 0.312 e. The maximum atomic E-state index is 14.7. The maximum absolute atomic E-state index is 14.7. The summed E-state index contributed by atoms with van der Waals surface area (Å²) in [6.07, 6.45) is 6.42. The molecule has 3 rings (SSSR count). The Bertz CT molecular complexity index is 809. The van der Waals surface area contributed by atoms with Crippen molar-refractivity contribution in [2.24, 2.45) is 5.92 Å². The molecule has 1 N–H and O–H groups in total. The molecule has 1 saturated heterocycles. The van der Waals surface area contributed by atoms with Gasteiger partial charge in [0.25, 0.3) is 0 Å². The van der Waals surface area contributed by atoms with Gasteiger partial charge in [0.05, 0.1) is 0 Å². The van der Waals surface area contributed by atoms with Gasteiger partial charge in [0.2, 0.25) is 6.41 Å². The Balaban J connectivity index is 1.63. The van der Waals surface area contributed by atoms with Crippen LogP contribution in [0.25, 0.3) is 0 Å². The zero-order chi connectivity index (χ0) is 24.9. The Kier molecular flexibility index (Phi) is 8.84. The number of nitrogens with one attached hydrogen (secondary N) is 1. The number of carbonyl (C=O) groups excluding carboxylic acids is 1. The normalized spacial score (nSPS) is 24.8. The van der Waals surface area contributed by atoms with Gasteiger partial charge in [-0.3, -0.25) is 9.69 Å². The average Bonchev–Trinajstić information content (AvgIpc) is 2.78. The van der Waals surface area contributed by atoms with Crippen molar-refractivity contribution < 1.29 is 18.3 Å². The minimum atomic E-state index is -3.17. The summed E-state index contributed by atoms with van der Waals surface area (Å²) in [5, 5.41) is 2.91. The topological polar surface area (TPSA) is 70.6 Å². The molecule has 2 fully saturated rings. The Labute approximate surface area is 202 Å². The third-order valence-electron chi connectivity index (χ3n) is 7.15. The summed E-state index contributed by atoms with van der Waals surface area (Å²) in [5.74, 6) is -1.47. The zero-order valence-corrected chi connectivity index (χ0v) is 21.3. The van der Waals surface area contributed by atoms with Crippen molar-refractivity contribution in [1.82, 2.24) is 20.2 Å². The van der Waals surface area contributed by atoms with Crippen molar-refractivity contribution in [1.29, 1.82) is 0 Å². The number of halogens is 2. The fraction of sp³-hybridized carbons (Fsp3) is 0.800. The minimum absolute atomic E-state index is 0.279. The van der Waals surface area contributed by atoms with Crippen LogP contribution in [-0.2, 0) is 20.9 Å². The Morgan fingerprint density at radius 3 is 2.47 bits per heavy atom. The van der Waals surface area contributed by atoms with E-state index in [-0.39, 0.29) is 5.69 Å². The van der Waals surface area contributed by atoms with Crippen molar-refractivity contribution in [2.75, 3.05) is 44.8 Å². The van der Waals surface area contributed by atoms with Gasteiger partial charge >= 0.3 is 5.92 Å². The monoisotopic (exact) mass is 481 g/mol. The lowest BCUT2D eigenvalue weighted by Gasteiger charge is -2.41. The number of aromatic nitrogens is 2. The van der Waals surface area contributed by atoms with Crippen LogP contribution >= 0.6 is 0 Å².